The Morgan fingerprint density at radius 1 is 1.33 bits per heavy atom. The Balaban J connectivity index is 2.35. The number of hydrogen-bond acceptors (Lipinski definition) is 3. The number of nitrogens with zero attached hydrogens (tertiary/aromatic N) is 1. The second-order valence-electron chi connectivity index (χ2n) is 2.79. The van der Waals surface area contributed by atoms with Crippen molar-refractivity contribution in [3.8, 4) is 6.07 Å². The number of nitriles is 1. The third-order valence-corrected chi connectivity index (χ3v) is 4.36. The highest BCUT2D eigenvalue weighted by Gasteiger charge is 2.05. The molecule has 0 aliphatic carbocycles. The Morgan fingerprint density at radius 3 is 2.87 bits per heavy atom. The van der Waals surface area contributed by atoms with Gasteiger partial charge in [0.15, 0.2) is 0 Å². The highest BCUT2D eigenvalue weighted by Crippen LogP contribution is 2.34. The average Bonchev–Trinajstić information content (AvgIpc) is 2.71. The molecule has 74 valence electrons. The Kier molecular flexibility index (Phi) is 3.47. The van der Waals surface area contributed by atoms with Gasteiger partial charge in [-0.05, 0) is 29.6 Å². The summed E-state index contributed by atoms with van der Waals surface area (Å²) in [5, 5.41) is 11.0. The molecule has 0 saturated carbocycles. The van der Waals surface area contributed by atoms with Crippen LogP contribution >= 0.6 is 39.0 Å². The second kappa shape index (κ2) is 4.84. The lowest BCUT2D eigenvalue weighted by Gasteiger charge is -2.01. The molecule has 0 radical (unpaired) electrons. The second-order valence-corrected chi connectivity index (χ2v) is 5.99. The highest BCUT2D eigenvalue weighted by molar-refractivity contribution is 9.10. The van der Waals surface area contributed by atoms with Crippen LogP contribution in [0.1, 0.15) is 5.56 Å². The van der Waals surface area contributed by atoms with Gasteiger partial charge < -0.3 is 0 Å². The minimum Gasteiger partial charge on any atom is -0.192 e. The number of thiophene rings is 1. The van der Waals surface area contributed by atoms with Gasteiger partial charge in [-0.25, -0.2) is 0 Å². The molecule has 4 heteroatoms. The van der Waals surface area contributed by atoms with E-state index >= 15 is 0 Å². The first-order chi connectivity index (χ1) is 7.29. The smallest absolute Gasteiger partial charge is 0.100 e. The predicted octanol–water partition coefficient (Wildman–Crippen LogP) is 4.53. The van der Waals surface area contributed by atoms with Crippen LogP contribution in [0.5, 0.6) is 0 Å². The zero-order chi connectivity index (χ0) is 10.7. The van der Waals surface area contributed by atoms with Crippen LogP contribution in [0.25, 0.3) is 0 Å². The maximum Gasteiger partial charge on any atom is 0.100 e. The van der Waals surface area contributed by atoms with Crippen molar-refractivity contribution < 1.29 is 0 Å². The first-order valence-corrected chi connectivity index (χ1v) is 6.69. The van der Waals surface area contributed by atoms with E-state index in [9.17, 15) is 0 Å². The average molecular weight is 296 g/mol. The van der Waals surface area contributed by atoms with Gasteiger partial charge in [0.25, 0.3) is 0 Å². The Labute approximate surface area is 105 Å². The number of halogens is 1. The van der Waals surface area contributed by atoms with Crippen LogP contribution in [0.3, 0.4) is 0 Å². The van der Waals surface area contributed by atoms with Crippen LogP contribution in [0.2, 0.25) is 0 Å². The summed E-state index contributed by atoms with van der Waals surface area (Å²) in [6.45, 7) is 0. The fraction of sp³-hybridized carbons (Fsp3) is 0. The van der Waals surface area contributed by atoms with E-state index in [2.05, 4.69) is 28.1 Å². The summed E-state index contributed by atoms with van der Waals surface area (Å²) in [7, 11) is 0. The third-order valence-electron chi connectivity index (χ3n) is 1.77. The minimum absolute atomic E-state index is 0.719. The molecule has 0 atom stereocenters. The number of rotatable bonds is 2. The van der Waals surface area contributed by atoms with Crippen molar-refractivity contribution in [2.24, 2.45) is 0 Å². The van der Waals surface area contributed by atoms with Crippen LogP contribution in [0.4, 0.5) is 0 Å². The van der Waals surface area contributed by atoms with Crippen LogP contribution in [-0.2, 0) is 0 Å². The van der Waals surface area contributed by atoms with Crippen molar-refractivity contribution in [2.75, 3.05) is 0 Å². The van der Waals surface area contributed by atoms with Crippen LogP contribution in [-0.4, -0.2) is 0 Å². The molecule has 0 bridgehead atoms. The van der Waals surface area contributed by atoms with Crippen molar-refractivity contribution >= 4 is 39.0 Å². The van der Waals surface area contributed by atoms with Gasteiger partial charge >= 0.3 is 0 Å². The van der Waals surface area contributed by atoms with Crippen LogP contribution in [0, 0.1) is 11.3 Å². The van der Waals surface area contributed by atoms with Gasteiger partial charge in [-0.3, -0.25) is 0 Å². The van der Waals surface area contributed by atoms with E-state index in [1.54, 1.807) is 23.1 Å². The summed E-state index contributed by atoms with van der Waals surface area (Å²) < 4.78 is 2.20. The van der Waals surface area contributed by atoms with Crippen molar-refractivity contribution in [3.63, 3.8) is 0 Å². The lowest BCUT2D eigenvalue weighted by molar-refractivity contribution is 1.35. The SMILES string of the molecule is N#Cc1ccc(Br)cc1Sc1cccs1. The van der Waals surface area contributed by atoms with E-state index in [4.69, 9.17) is 5.26 Å². The maximum absolute atomic E-state index is 8.96. The zero-order valence-corrected chi connectivity index (χ0v) is 10.8. The largest absolute Gasteiger partial charge is 0.192 e. The van der Waals surface area contributed by atoms with Gasteiger partial charge in [-0.2, -0.15) is 5.26 Å². The summed E-state index contributed by atoms with van der Waals surface area (Å²) in [6, 6.07) is 12.0. The van der Waals surface area contributed by atoms with Gasteiger partial charge in [-0.15, -0.1) is 11.3 Å². The van der Waals surface area contributed by atoms with Gasteiger partial charge in [0, 0.05) is 9.37 Å². The lowest BCUT2D eigenvalue weighted by Crippen LogP contribution is -1.79. The van der Waals surface area contributed by atoms with Crippen LogP contribution in [0.15, 0.2) is 49.3 Å². The predicted molar refractivity (Wildman–Crippen MR) is 67.3 cm³/mol. The summed E-state index contributed by atoms with van der Waals surface area (Å²) in [5.74, 6) is 0. The summed E-state index contributed by atoms with van der Waals surface area (Å²) >= 11 is 6.72. The van der Waals surface area contributed by atoms with E-state index in [0.717, 1.165) is 14.9 Å². The first kappa shape index (κ1) is 10.7. The molecule has 0 aliphatic heterocycles. The molecule has 0 N–H and O–H groups in total. The molecule has 15 heavy (non-hydrogen) atoms. The molecule has 1 nitrogen and oxygen atoms in total. The van der Waals surface area contributed by atoms with Crippen LogP contribution < -0.4 is 0 Å². The fourth-order valence-corrected chi connectivity index (χ4v) is 3.47. The summed E-state index contributed by atoms with van der Waals surface area (Å²) in [6.07, 6.45) is 0. The third kappa shape index (κ3) is 2.63. The molecule has 1 aromatic carbocycles. The van der Waals surface area contributed by atoms with Gasteiger partial charge in [0.2, 0.25) is 0 Å². The molecule has 0 amide bonds. The fourth-order valence-electron chi connectivity index (χ4n) is 1.10. The highest BCUT2D eigenvalue weighted by atomic mass is 79.9. The monoisotopic (exact) mass is 295 g/mol. The number of benzene rings is 1. The van der Waals surface area contributed by atoms with Crippen molar-refractivity contribution in [2.45, 2.75) is 9.10 Å². The molecular weight excluding hydrogens is 290 g/mol. The molecule has 1 heterocycles. The van der Waals surface area contributed by atoms with Crippen molar-refractivity contribution in [1.29, 1.82) is 5.26 Å². The number of hydrogen-bond donors (Lipinski definition) is 0. The van der Waals surface area contributed by atoms with Gasteiger partial charge in [-0.1, -0.05) is 33.8 Å². The van der Waals surface area contributed by atoms with E-state index in [1.807, 2.05) is 29.6 Å². The molecule has 0 spiro atoms. The van der Waals surface area contributed by atoms with E-state index < -0.39 is 0 Å². The normalized spacial score (nSPS) is 9.87. The standard InChI is InChI=1S/C11H6BrNS2/c12-9-4-3-8(7-13)10(6-9)15-11-2-1-5-14-11/h1-6H. The Morgan fingerprint density at radius 2 is 2.20 bits per heavy atom. The topological polar surface area (TPSA) is 23.8 Å². The quantitative estimate of drug-likeness (QED) is 0.812. The van der Waals surface area contributed by atoms with E-state index in [-0.39, 0.29) is 0 Å². The molecular formula is C11H6BrNS2. The molecule has 1 aromatic heterocycles. The minimum atomic E-state index is 0.719. The summed E-state index contributed by atoms with van der Waals surface area (Å²) in [5.41, 5.74) is 0.719. The van der Waals surface area contributed by atoms with Crippen molar-refractivity contribution in [1.82, 2.24) is 0 Å². The molecule has 0 fully saturated rings. The Hall–Kier alpha value is -0.760. The molecule has 0 aliphatic rings. The zero-order valence-electron chi connectivity index (χ0n) is 7.61. The van der Waals surface area contributed by atoms with E-state index in [1.165, 1.54) is 4.21 Å². The van der Waals surface area contributed by atoms with E-state index in [0.29, 0.717) is 0 Å². The van der Waals surface area contributed by atoms with Gasteiger partial charge in [0.05, 0.1) is 9.77 Å². The lowest BCUT2D eigenvalue weighted by atomic mass is 10.2. The maximum atomic E-state index is 8.96. The Bertz CT molecular complexity index is 500. The summed E-state index contributed by atoms with van der Waals surface area (Å²) in [4.78, 5) is 0.995. The molecule has 0 saturated heterocycles. The molecule has 2 aromatic rings. The first-order valence-electron chi connectivity index (χ1n) is 4.20. The molecule has 2 rings (SSSR count). The van der Waals surface area contributed by atoms with Gasteiger partial charge in [0.1, 0.15) is 6.07 Å². The van der Waals surface area contributed by atoms with Crippen molar-refractivity contribution in [3.05, 3.63) is 45.7 Å². The molecule has 0 unspecified atom stereocenters.